The largest absolute Gasteiger partial charge is 0.385 e. The second-order valence-corrected chi connectivity index (χ2v) is 4.26. The van der Waals surface area contributed by atoms with E-state index in [1.807, 2.05) is 13.2 Å². The number of ether oxygens (including phenoxy) is 2. The zero-order valence-corrected chi connectivity index (χ0v) is 12.1. The van der Waals surface area contributed by atoms with Gasteiger partial charge < -0.3 is 14.8 Å². The molecule has 6 nitrogen and oxygen atoms in total. The number of hydrogen-bond acceptors (Lipinski definition) is 6. The molecule has 19 heavy (non-hydrogen) atoms. The zero-order valence-electron chi connectivity index (χ0n) is 12.1. The normalized spacial score (nSPS) is 10.9. The van der Waals surface area contributed by atoms with Gasteiger partial charge in [-0.05, 0) is 6.42 Å². The van der Waals surface area contributed by atoms with Gasteiger partial charge in [0.25, 0.3) is 0 Å². The van der Waals surface area contributed by atoms with Gasteiger partial charge >= 0.3 is 0 Å². The molecule has 1 aromatic heterocycles. The summed E-state index contributed by atoms with van der Waals surface area (Å²) >= 11 is 0. The van der Waals surface area contributed by atoms with E-state index < -0.39 is 0 Å². The SMILES string of the molecule is CNc1cnc(CN(CCCOC)CCOC)cn1. The molecule has 1 heterocycles. The lowest BCUT2D eigenvalue weighted by atomic mass is 10.3. The van der Waals surface area contributed by atoms with Crippen LogP contribution in [0.25, 0.3) is 0 Å². The van der Waals surface area contributed by atoms with E-state index in [0.29, 0.717) is 0 Å². The van der Waals surface area contributed by atoms with Crippen LogP contribution in [-0.4, -0.2) is 62.4 Å². The van der Waals surface area contributed by atoms with E-state index in [0.717, 1.165) is 50.8 Å². The minimum atomic E-state index is 0.717. The van der Waals surface area contributed by atoms with E-state index >= 15 is 0 Å². The van der Waals surface area contributed by atoms with Gasteiger partial charge in [0.2, 0.25) is 0 Å². The van der Waals surface area contributed by atoms with Crippen LogP contribution in [-0.2, 0) is 16.0 Å². The first-order valence-electron chi connectivity index (χ1n) is 6.49. The number of hydrogen-bond donors (Lipinski definition) is 1. The molecule has 0 saturated heterocycles. The third kappa shape index (κ3) is 6.47. The van der Waals surface area contributed by atoms with Gasteiger partial charge in [-0.2, -0.15) is 0 Å². The van der Waals surface area contributed by atoms with Gasteiger partial charge in [-0.25, -0.2) is 4.98 Å². The van der Waals surface area contributed by atoms with E-state index in [2.05, 4.69) is 20.2 Å². The summed E-state index contributed by atoms with van der Waals surface area (Å²) in [5.74, 6) is 0.784. The Labute approximate surface area is 115 Å². The van der Waals surface area contributed by atoms with Crippen molar-refractivity contribution >= 4 is 5.82 Å². The summed E-state index contributed by atoms with van der Waals surface area (Å²) in [4.78, 5) is 11.0. The van der Waals surface area contributed by atoms with E-state index in [1.54, 1.807) is 20.4 Å². The van der Waals surface area contributed by atoms with Crippen molar-refractivity contribution in [3.05, 3.63) is 18.1 Å². The molecular weight excluding hydrogens is 244 g/mol. The molecule has 0 amide bonds. The fourth-order valence-corrected chi connectivity index (χ4v) is 1.72. The maximum Gasteiger partial charge on any atom is 0.144 e. The Morgan fingerprint density at radius 2 is 1.89 bits per heavy atom. The number of anilines is 1. The molecule has 1 N–H and O–H groups in total. The number of aromatic nitrogens is 2. The summed E-state index contributed by atoms with van der Waals surface area (Å²) in [5, 5.41) is 2.96. The van der Waals surface area contributed by atoms with Crippen molar-refractivity contribution in [2.24, 2.45) is 0 Å². The highest BCUT2D eigenvalue weighted by molar-refractivity contribution is 5.29. The Bertz CT molecular complexity index is 332. The summed E-state index contributed by atoms with van der Waals surface area (Å²) in [7, 11) is 5.27. The predicted molar refractivity (Wildman–Crippen MR) is 75.2 cm³/mol. The zero-order chi connectivity index (χ0) is 13.9. The second kappa shape index (κ2) is 9.66. The number of rotatable bonds is 10. The molecule has 6 heteroatoms. The lowest BCUT2D eigenvalue weighted by Crippen LogP contribution is -2.29. The van der Waals surface area contributed by atoms with Crippen LogP contribution in [0.1, 0.15) is 12.1 Å². The van der Waals surface area contributed by atoms with E-state index in [4.69, 9.17) is 9.47 Å². The molecule has 0 unspecified atom stereocenters. The molecule has 0 aliphatic rings. The Kier molecular flexibility index (Phi) is 8.04. The third-order valence-corrected chi connectivity index (χ3v) is 2.78. The standard InChI is InChI=1S/C13H24N4O2/c1-14-13-10-15-12(9-16-13)11-17(6-8-19-3)5-4-7-18-2/h9-10H,4-8,11H2,1-3H3,(H,14,16). The average molecular weight is 268 g/mol. The summed E-state index contributed by atoms with van der Waals surface area (Å²) in [6.45, 7) is 4.12. The molecule has 0 bridgehead atoms. The van der Waals surface area contributed by atoms with Crippen LogP contribution in [0.3, 0.4) is 0 Å². The monoisotopic (exact) mass is 268 g/mol. The Hall–Kier alpha value is -1.24. The number of nitrogens with one attached hydrogen (secondary N) is 1. The van der Waals surface area contributed by atoms with Crippen molar-refractivity contribution in [2.75, 3.05) is 52.9 Å². The van der Waals surface area contributed by atoms with Crippen molar-refractivity contribution in [3.8, 4) is 0 Å². The second-order valence-electron chi connectivity index (χ2n) is 4.26. The van der Waals surface area contributed by atoms with Crippen molar-refractivity contribution in [3.63, 3.8) is 0 Å². The first-order chi connectivity index (χ1) is 9.30. The maximum atomic E-state index is 5.13. The lowest BCUT2D eigenvalue weighted by Gasteiger charge is -2.21. The van der Waals surface area contributed by atoms with Crippen molar-refractivity contribution < 1.29 is 9.47 Å². The van der Waals surface area contributed by atoms with Gasteiger partial charge in [-0.15, -0.1) is 0 Å². The molecule has 0 aliphatic heterocycles. The highest BCUT2D eigenvalue weighted by atomic mass is 16.5. The van der Waals surface area contributed by atoms with Gasteiger partial charge in [0.1, 0.15) is 5.82 Å². The van der Waals surface area contributed by atoms with Gasteiger partial charge in [0, 0.05) is 47.5 Å². The Balaban J connectivity index is 2.48. The van der Waals surface area contributed by atoms with E-state index in [1.165, 1.54) is 0 Å². The quantitative estimate of drug-likeness (QED) is 0.639. The molecule has 0 saturated carbocycles. The topological polar surface area (TPSA) is 59.5 Å². The molecule has 0 atom stereocenters. The van der Waals surface area contributed by atoms with Crippen LogP contribution in [0.5, 0.6) is 0 Å². The molecule has 0 aromatic carbocycles. The van der Waals surface area contributed by atoms with Crippen LogP contribution in [0.15, 0.2) is 12.4 Å². The van der Waals surface area contributed by atoms with Crippen LogP contribution < -0.4 is 5.32 Å². The van der Waals surface area contributed by atoms with Crippen LogP contribution >= 0.6 is 0 Å². The highest BCUT2D eigenvalue weighted by Gasteiger charge is 2.07. The summed E-state index contributed by atoms with van der Waals surface area (Å²) < 4.78 is 10.2. The average Bonchev–Trinajstić information content (AvgIpc) is 2.45. The molecule has 0 aliphatic carbocycles. The minimum absolute atomic E-state index is 0.717. The summed E-state index contributed by atoms with van der Waals surface area (Å²) in [5.41, 5.74) is 0.965. The number of nitrogens with zero attached hydrogens (tertiary/aromatic N) is 3. The summed E-state index contributed by atoms with van der Waals surface area (Å²) in [6, 6.07) is 0. The smallest absolute Gasteiger partial charge is 0.144 e. The van der Waals surface area contributed by atoms with Crippen LogP contribution in [0.2, 0.25) is 0 Å². The summed E-state index contributed by atoms with van der Waals surface area (Å²) in [6.07, 6.45) is 4.56. The molecule has 1 rings (SSSR count). The lowest BCUT2D eigenvalue weighted by molar-refractivity contribution is 0.128. The molecular formula is C13H24N4O2. The Morgan fingerprint density at radius 3 is 2.47 bits per heavy atom. The van der Waals surface area contributed by atoms with Gasteiger partial charge in [-0.3, -0.25) is 9.88 Å². The van der Waals surface area contributed by atoms with E-state index in [9.17, 15) is 0 Å². The molecule has 1 aromatic rings. The highest BCUT2D eigenvalue weighted by Crippen LogP contribution is 2.04. The first-order valence-corrected chi connectivity index (χ1v) is 6.49. The maximum absolute atomic E-state index is 5.13. The Morgan fingerprint density at radius 1 is 1.11 bits per heavy atom. The van der Waals surface area contributed by atoms with Crippen molar-refractivity contribution in [2.45, 2.75) is 13.0 Å². The molecule has 0 fully saturated rings. The molecule has 0 spiro atoms. The fraction of sp³-hybridized carbons (Fsp3) is 0.692. The van der Waals surface area contributed by atoms with Crippen molar-refractivity contribution in [1.29, 1.82) is 0 Å². The minimum Gasteiger partial charge on any atom is -0.385 e. The fourth-order valence-electron chi connectivity index (χ4n) is 1.72. The molecule has 108 valence electrons. The van der Waals surface area contributed by atoms with Gasteiger partial charge in [-0.1, -0.05) is 0 Å². The molecule has 0 radical (unpaired) electrons. The van der Waals surface area contributed by atoms with Gasteiger partial charge in [0.15, 0.2) is 0 Å². The van der Waals surface area contributed by atoms with Crippen LogP contribution in [0, 0.1) is 0 Å². The first kappa shape index (κ1) is 15.8. The number of methoxy groups -OCH3 is 2. The van der Waals surface area contributed by atoms with Crippen LogP contribution in [0.4, 0.5) is 5.82 Å². The van der Waals surface area contributed by atoms with E-state index in [-0.39, 0.29) is 0 Å². The predicted octanol–water partition coefficient (Wildman–Crippen LogP) is 1.00. The third-order valence-electron chi connectivity index (χ3n) is 2.78. The van der Waals surface area contributed by atoms with Gasteiger partial charge in [0.05, 0.1) is 24.7 Å². The van der Waals surface area contributed by atoms with Crippen molar-refractivity contribution in [1.82, 2.24) is 14.9 Å².